The molecule has 1 unspecified atom stereocenters. The highest BCUT2D eigenvalue weighted by Crippen LogP contribution is 2.26. The van der Waals surface area contributed by atoms with Gasteiger partial charge in [-0.25, -0.2) is 4.98 Å². The number of halogens is 1. The summed E-state index contributed by atoms with van der Waals surface area (Å²) in [7, 11) is 0. The van der Waals surface area contributed by atoms with Crippen LogP contribution in [-0.4, -0.2) is 14.7 Å². The largest absolute Gasteiger partial charge is 0.388 e. The van der Waals surface area contributed by atoms with Gasteiger partial charge in [0.25, 0.3) is 0 Å². The quantitative estimate of drug-likeness (QED) is 0.607. The number of rotatable bonds is 7. The van der Waals surface area contributed by atoms with Crippen LogP contribution in [0.15, 0.2) is 72.1 Å². The van der Waals surface area contributed by atoms with Crippen molar-refractivity contribution in [1.82, 2.24) is 9.55 Å². The van der Waals surface area contributed by atoms with Crippen LogP contribution in [-0.2, 0) is 12.3 Å². The molecule has 24 heavy (non-hydrogen) atoms. The van der Waals surface area contributed by atoms with E-state index < -0.39 is 6.10 Å². The van der Waals surface area contributed by atoms with Crippen molar-refractivity contribution in [1.29, 1.82) is 0 Å². The number of aryl methyl sites for hydroxylation is 1. The zero-order valence-corrected chi connectivity index (χ0v) is 14.7. The van der Waals surface area contributed by atoms with Crippen molar-refractivity contribution in [2.24, 2.45) is 0 Å². The summed E-state index contributed by atoms with van der Waals surface area (Å²) in [5.41, 5.74) is 2.19. The maximum Gasteiger partial charge on any atom is 0.0945 e. The van der Waals surface area contributed by atoms with E-state index in [1.54, 1.807) is 24.3 Å². The Morgan fingerprint density at radius 3 is 2.50 bits per heavy atom. The van der Waals surface area contributed by atoms with Gasteiger partial charge in [-0.05, 0) is 41.8 Å². The minimum absolute atomic E-state index is 0.456. The van der Waals surface area contributed by atoms with Gasteiger partial charge in [0.1, 0.15) is 0 Å². The average Bonchev–Trinajstić information content (AvgIpc) is 3.13. The monoisotopic (exact) mass is 358 g/mol. The molecule has 3 nitrogen and oxygen atoms in total. The van der Waals surface area contributed by atoms with Crippen LogP contribution in [0.1, 0.15) is 23.7 Å². The Kier molecular flexibility index (Phi) is 5.96. The minimum atomic E-state index is -0.456. The van der Waals surface area contributed by atoms with Crippen LogP contribution in [0.5, 0.6) is 0 Å². The Hall–Kier alpha value is -1.75. The van der Waals surface area contributed by atoms with Crippen molar-refractivity contribution in [3.05, 3.63) is 83.4 Å². The summed E-state index contributed by atoms with van der Waals surface area (Å²) in [5, 5.41) is 11.1. The summed E-state index contributed by atoms with van der Waals surface area (Å²) in [6.45, 7) is 0.758. The molecule has 3 rings (SSSR count). The van der Waals surface area contributed by atoms with Crippen LogP contribution < -0.4 is 0 Å². The van der Waals surface area contributed by atoms with E-state index in [4.69, 9.17) is 11.6 Å². The van der Waals surface area contributed by atoms with Crippen LogP contribution in [0, 0.1) is 0 Å². The Balaban J connectivity index is 1.51. The number of aliphatic hydroxyl groups excluding tert-OH is 1. The molecule has 2 aromatic carbocycles. The van der Waals surface area contributed by atoms with Gasteiger partial charge in [-0.2, -0.15) is 0 Å². The number of imidazole rings is 1. The molecule has 124 valence electrons. The summed E-state index contributed by atoms with van der Waals surface area (Å²) < 4.78 is 1.97. The average molecular weight is 359 g/mol. The molecule has 3 aromatic rings. The van der Waals surface area contributed by atoms with Crippen LogP contribution in [0.4, 0.5) is 0 Å². The van der Waals surface area contributed by atoms with Crippen molar-refractivity contribution in [3.8, 4) is 0 Å². The molecule has 5 heteroatoms. The number of nitrogens with zero attached hydrogens (tertiary/aromatic N) is 2. The van der Waals surface area contributed by atoms with E-state index in [0.29, 0.717) is 6.42 Å². The third-order valence-electron chi connectivity index (χ3n) is 3.80. The molecular formula is C19H19ClN2OS. The van der Waals surface area contributed by atoms with Crippen molar-refractivity contribution in [2.75, 3.05) is 0 Å². The molecule has 1 N–H and O–H groups in total. The molecule has 0 aliphatic carbocycles. The molecule has 0 spiro atoms. The predicted octanol–water partition coefficient (Wildman–Crippen LogP) is 4.95. The van der Waals surface area contributed by atoms with E-state index in [1.807, 2.05) is 47.2 Å². The molecule has 1 atom stereocenters. The Morgan fingerprint density at radius 1 is 1.08 bits per heavy atom. The molecular weight excluding hydrogens is 340 g/mol. The second kappa shape index (κ2) is 8.38. The third-order valence-corrected chi connectivity index (χ3v) is 5.14. The lowest BCUT2D eigenvalue weighted by Gasteiger charge is -2.12. The summed E-state index contributed by atoms with van der Waals surface area (Å²) in [4.78, 5) is 5.20. The first-order valence-electron chi connectivity index (χ1n) is 7.82. The molecule has 0 saturated heterocycles. The zero-order chi connectivity index (χ0) is 16.8. The van der Waals surface area contributed by atoms with Gasteiger partial charge in [-0.1, -0.05) is 35.9 Å². The SMILES string of the molecule is OC(CCn1ccnc1)c1ccc(SCc2ccc(Cl)cc2)cc1. The fraction of sp³-hybridized carbons (Fsp3) is 0.211. The first-order valence-corrected chi connectivity index (χ1v) is 9.18. The lowest BCUT2D eigenvalue weighted by atomic mass is 10.1. The van der Waals surface area contributed by atoms with E-state index in [0.717, 1.165) is 22.9 Å². The lowest BCUT2D eigenvalue weighted by molar-refractivity contribution is 0.161. The third kappa shape index (κ3) is 4.87. The maximum absolute atomic E-state index is 10.3. The molecule has 0 saturated carbocycles. The van der Waals surface area contributed by atoms with Crippen LogP contribution in [0.3, 0.4) is 0 Å². The van der Waals surface area contributed by atoms with Crippen molar-refractivity contribution >= 4 is 23.4 Å². The van der Waals surface area contributed by atoms with E-state index in [1.165, 1.54) is 10.5 Å². The van der Waals surface area contributed by atoms with E-state index in [-0.39, 0.29) is 0 Å². The highest BCUT2D eigenvalue weighted by molar-refractivity contribution is 7.98. The Bertz CT molecular complexity index is 742. The zero-order valence-electron chi connectivity index (χ0n) is 13.2. The minimum Gasteiger partial charge on any atom is -0.388 e. The summed E-state index contributed by atoms with van der Waals surface area (Å²) in [6.07, 6.45) is 5.64. The van der Waals surface area contributed by atoms with Gasteiger partial charge < -0.3 is 9.67 Å². The van der Waals surface area contributed by atoms with Gasteiger partial charge in [0.2, 0.25) is 0 Å². The highest BCUT2D eigenvalue weighted by atomic mass is 35.5. The first kappa shape index (κ1) is 17.1. The molecule has 0 amide bonds. The fourth-order valence-corrected chi connectivity index (χ4v) is 3.37. The van der Waals surface area contributed by atoms with Crippen molar-refractivity contribution < 1.29 is 5.11 Å². The standard InChI is InChI=1S/C19H19ClN2OS/c20-17-5-1-15(2-6-17)13-24-18-7-3-16(4-8-18)19(23)9-11-22-12-10-21-14-22/h1-8,10,12,14,19,23H,9,11,13H2. The molecule has 0 fully saturated rings. The van der Waals surface area contributed by atoms with Crippen LogP contribution in [0.2, 0.25) is 5.02 Å². The van der Waals surface area contributed by atoms with Gasteiger partial charge >= 0.3 is 0 Å². The summed E-state index contributed by atoms with van der Waals surface area (Å²) in [5.74, 6) is 0.902. The van der Waals surface area contributed by atoms with Gasteiger partial charge in [0, 0.05) is 34.6 Å². The smallest absolute Gasteiger partial charge is 0.0945 e. The fourth-order valence-electron chi connectivity index (χ4n) is 2.39. The number of aliphatic hydroxyl groups is 1. The topological polar surface area (TPSA) is 38.0 Å². The van der Waals surface area contributed by atoms with E-state index in [2.05, 4.69) is 17.1 Å². The van der Waals surface area contributed by atoms with Crippen molar-refractivity contribution in [2.45, 2.75) is 29.7 Å². The van der Waals surface area contributed by atoms with Gasteiger partial charge in [0.15, 0.2) is 0 Å². The Labute approximate surface area is 151 Å². The second-order valence-electron chi connectivity index (χ2n) is 5.59. The number of hydrogen-bond acceptors (Lipinski definition) is 3. The first-order chi connectivity index (χ1) is 11.7. The molecule has 1 aromatic heterocycles. The molecule has 0 radical (unpaired) electrons. The molecule has 1 heterocycles. The summed E-state index contributed by atoms with van der Waals surface area (Å²) >= 11 is 7.67. The van der Waals surface area contributed by atoms with Crippen LogP contribution >= 0.6 is 23.4 Å². The van der Waals surface area contributed by atoms with Crippen LogP contribution in [0.25, 0.3) is 0 Å². The number of benzene rings is 2. The highest BCUT2D eigenvalue weighted by Gasteiger charge is 2.08. The molecule has 0 aliphatic heterocycles. The summed E-state index contributed by atoms with van der Waals surface area (Å²) in [6, 6.07) is 16.1. The normalized spacial score (nSPS) is 12.2. The van der Waals surface area contributed by atoms with Gasteiger partial charge in [-0.15, -0.1) is 11.8 Å². The van der Waals surface area contributed by atoms with Crippen molar-refractivity contribution in [3.63, 3.8) is 0 Å². The van der Waals surface area contributed by atoms with E-state index >= 15 is 0 Å². The van der Waals surface area contributed by atoms with E-state index in [9.17, 15) is 5.11 Å². The Morgan fingerprint density at radius 2 is 1.83 bits per heavy atom. The molecule has 0 bridgehead atoms. The lowest BCUT2D eigenvalue weighted by Crippen LogP contribution is -2.03. The predicted molar refractivity (Wildman–Crippen MR) is 99.3 cm³/mol. The molecule has 0 aliphatic rings. The number of aromatic nitrogens is 2. The maximum atomic E-state index is 10.3. The van der Waals surface area contributed by atoms with Gasteiger partial charge in [0.05, 0.1) is 12.4 Å². The second-order valence-corrected chi connectivity index (χ2v) is 7.07. The number of hydrogen-bond donors (Lipinski definition) is 1. The van der Waals surface area contributed by atoms with Gasteiger partial charge in [-0.3, -0.25) is 0 Å². The number of thioether (sulfide) groups is 1.